The lowest BCUT2D eigenvalue weighted by atomic mass is 10.2. The lowest BCUT2D eigenvalue weighted by Gasteiger charge is -2.23. The Morgan fingerprint density at radius 1 is 1.37 bits per heavy atom. The Labute approximate surface area is 113 Å². The largest absolute Gasteiger partial charge is 0.495 e. The molecule has 0 unspecified atom stereocenters. The Hall–Kier alpha value is -1.59. The third kappa shape index (κ3) is 4.22. The molecule has 1 heterocycles. The molecule has 104 valence electrons. The number of quaternary nitrogens is 1. The fourth-order valence-electron chi connectivity index (χ4n) is 2.16. The Morgan fingerprint density at radius 2 is 2.11 bits per heavy atom. The number of carbonyl (C=O) groups is 1. The highest BCUT2D eigenvalue weighted by Gasteiger charge is 2.15. The highest BCUT2D eigenvalue weighted by atomic mass is 16.5. The average Bonchev–Trinajstić information content (AvgIpc) is 2.47. The van der Waals surface area contributed by atoms with Gasteiger partial charge in [-0.2, -0.15) is 0 Å². The number of ether oxygens (including phenoxy) is 2. The van der Waals surface area contributed by atoms with Crippen molar-refractivity contribution in [3.63, 3.8) is 0 Å². The van der Waals surface area contributed by atoms with Crippen LogP contribution in [0, 0.1) is 0 Å². The molecule has 1 aliphatic heterocycles. The van der Waals surface area contributed by atoms with Gasteiger partial charge in [0, 0.05) is 0 Å². The number of rotatable bonds is 5. The topological polar surface area (TPSA) is 52.0 Å². The van der Waals surface area contributed by atoms with E-state index < -0.39 is 0 Å². The number of hydrogen-bond donors (Lipinski definition) is 2. The van der Waals surface area contributed by atoms with Crippen LogP contribution in [0.25, 0.3) is 0 Å². The predicted molar refractivity (Wildman–Crippen MR) is 72.6 cm³/mol. The van der Waals surface area contributed by atoms with Gasteiger partial charge in [-0.3, -0.25) is 4.79 Å². The minimum absolute atomic E-state index is 0.0310. The number of carbonyl (C=O) groups excluding carboxylic acids is 1. The van der Waals surface area contributed by atoms with Crippen molar-refractivity contribution in [2.75, 3.05) is 45.3 Å². The SMILES string of the molecule is COc1ccccc1NC(=O)CC[NH+]1CCOCC1. The predicted octanol–water partition coefficient (Wildman–Crippen LogP) is -0.0611. The van der Waals surface area contributed by atoms with Crippen molar-refractivity contribution < 1.29 is 19.2 Å². The van der Waals surface area contributed by atoms with Gasteiger partial charge >= 0.3 is 0 Å². The Balaban J connectivity index is 1.80. The lowest BCUT2D eigenvalue weighted by molar-refractivity contribution is -0.907. The Morgan fingerprint density at radius 3 is 2.84 bits per heavy atom. The van der Waals surface area contributed by atoms with E-state index in [9.17, 15) is 4.79 Å². The maximum absolute atomic E-state index is 11.9. The number of para-hydroxylation sites is 2. The second-order valence-electron chi connectivity index (χ2n) is 4.61. The van der Waals surface area contributed by atoms with Crippen LogP contribution in [0.15, 0.2) is 24.3 Å². The van der Waals surface area contributed by atoms with Gasteiger partial charge in [0.1, 0.15) is 18.8 Å². The van der Waals surface area contributed by atoms with E-state index in [0.717, 1.165) is 38.5 Å². The monoisotopic (exact) mass is 265 g/mol. The molecule has 1 aliphatic rings. The number of anilines is 1. The van der Waals surface area contributed by atoms with Gasteiger partial charge in [-0.15, -0.1) is 0 Å². The summed E-state index contributed by atoms with van der Waals surface area (Å²) in [6.07, 6.45) is 0.521. The molecule has 1 aromatic carbocycles. The second kappa shape index (κ2) is 7.11. The van der Waals surface area contributed by atoms with Crippen LogP contribution < -0.4 is 15.0 Å². The fraction of sp³-hybridized carbons (Fsp3) is 0.500. The molecular formula is C14H21N2O3+. The molecule has 1 fully saturated rings. The molecule has 2 N–H and O–H groups in total. The van der Waals surface area contributed by atoms with E-state index >= 15 is 0 Å². The lowest BCUT2D eigenvalue weighted by Crippen LogP contribution is -3.14. The molecule has 0 atom stereocenters. The van der Waals surface area contributed by atoms with Gasteiger partial charge in [0.25, 0.3) is 0 Å². The van der Waals surface area contributed by atoms with E-state index in [1.54, 1.807) is 7.11 Å². The number of morpholine rings is 1. The third-order valence-electron chi connectivity index (χ3n) is 3.29. The van der Waals surface area contributed by atoms with Crippen LogP contribution in [0.5, 0.6) is 5.75 Å². The van der Waals surface area contributed by atoms with Gasteiger partial charge in [-0.05, 0) is 12.1 Å². The molecular weight excluding hydrogens is 244 g/mol. The number of benzene rings is 1. The number of hydrogen-bond acceptors (Lipinski definition) is 3. The molecule has 0 bridgehead atoms. The summed E-state index contributed by atoms with van der Waals surface area (Å²) in [4.78, 5) is 13.3. The van der Waals surface area contributed by atoms with Gasteiger partial charge < -0.3 is 19.7 Å². The Kier molecular flexibility index (Phi) is 5.18. The first-order valence-corrected chi connectivity index (χ1v) is 6.64. The van der Waals surface area contributed by atoms with Crippen LogP contribution in [0.2, 0.25) is 0 Å². The first kappa shape index (κ1) is 13.8. The van der Waals surface area contributed by atoms with Gasteiger partial charge in [-0.1, -0.05) is 12.1 Å². The molecule has 1 amide bonds. The van der Waals surface area contributed by atoms with Crippen LogP contribution in [0.3, 0.4) is 0 Å². The van der Waals surface area contributed by atoms with Crippen LogP contribution in [-0.2, 0) is 9.53 Å². The zero-order chi connectivity index (χ0) is 13.5. The maximum Gasteiger partial charge on any atom is 0.230 e. The summed E-state index contributed by atoms with van der Waals surface area (Å²) in [6.45, 7) is 4.42. The third-order valence-corrected chi connectivity index (χ3v) is 3.29. The van der Waals surface area contributed by atoms with Gasteiger partial charge in [0.15, 0.2) is 0 Å². The summed E-state index contributed by atoms with van der Waals surface area (Å²) in [5, 5.41) is 2.89. The van der Waals surface area contributed by atoms with Crippen molar-refractivity contribution in [1.29, 1.82) is 0 Å². The summed E-state index contributed by atoms with van der Waals surface area (Å²) < 4.78 is 10.5. The number of methoxy groups -OCH3 is 1. The molecule has 19 heavy (non-hydrogen) atoms. The zero-order valence-electron chi connectivity index (χ0n) is 11.3. The van der Waals surface area contributed by atoms with E-state index in [4.69, 9.17) is 9.47 Å². The standard InChI is InChI=1S/C14H20N2O3/c1-18-13-5-3-2-4-12(13)15-14(17)6-7-16-8-10-19-11-9-16/h2-5H,6-11H2,1H3,(H,15,17)/p+1. The smallest absolute Gasteiger partial charge is 0.230 e. The van der Waals surface area contributed by atoms with E-state index in [1.807, 2.05) is 24.3 Å². The normalized spacial score (nSPS) is 16.1. The van der Waals surface area contributed by atoms with Crippen molar-refractivity contribution in [2.24, 2.45) is 0 Å². The van der Waals surface area contributed by atoms with Crippen LogP contribution in [0.1, 0.15) is 6.42 Å². The summed E-state index contributed by atoms with van der Waals surface area (Å²) >= 11 is 0. The average molecular weight is 265 g/mol. The fourth-order valence-corrected chi connectivity index (χ4v) is 2.16. The first-order valence-electron chi connectivity index (χ1n) is 6.64. The molecule has 0 radical (unpaired) electrons. The quantitative estimate of drug-likeness (QED) is 0.784. The molecule has 5 heteroatoms. The molecule has 0 spiro atoms. The highest BCUT2D eigenvalue weighted by Crippen LogP contribution is 2.22. The van der Waals surface area contributed by atoms with Crippen LogP contribution >= 0.6 is 0 Å². The van der Waals surface area contributed by atoms with Crippen LogP contribution in [0.4, 0.5) is 5.69 Å². The zero-order valence-corrected chi connectivity index (χ0v) is 11.3. The summed E-state index contributed by atoms with van der Waals surface area (Å²) in [5.74, 6) is 0.720. The van der Waals surface area contributed by atoms with Gasteiger partial charge in [0.2, 0.25) is 5.91 Å². The molecule has 1 aromatic rings. The minimum Gasteiger partial charge on any atom is -0.495 e. The van der Waals surface area contributed by atoms with Crippen LogP contribution in [-0.4, -0.2) is 45.9 Å². The molecule has 5 nitrogen and oxygen atoms in total. The molecule has 0 aromatic heterocycles. The van der Waals surface area contributed by atoms with E-state index in [0.29, 0.717) is 12.2 Å². The van der Waals surface area contributed by atoms with Gasteiger partial charge in [-0.25, -0.2) is 0 Å². The van der Waals surface area contributed by atoms with Crippen molar-refractivity contribution in [3.8, 4) is 5.75 Å². The van der Waals surface area contributed by atoms with Crippen molar-refractivity contribution in [3.05, 3.63) is 24.3 Å². The Bertz CT molecular complexity index is 417. The number of nitrogens with one attached hydrogen (secondary N) is 2. The minimum atomic E-state index is 0.0310. The van der Waals surface area contributed by atoms with E-state index in [2.05, 4.69) is 5.32 Å². The molecule has 0 aliphatic carbocycles. The molecule has 1 saturated heterocycles. The van der Waals surface area contributed by atoms with E-state index in [-0.39, 0.29) is 5.91 Å². The summed E-state index contributed by atoms with van der Waals surface area (Å²) in [7, 11) is 1.60. The van der Waals surface area contributed by atoms with Gasteiger partial charge in [0.05, 0.1) is 39.0 Å². The summed E-state index contributed by atoms with van der Waals surface area (Å²) in [6, 6.07) is 7.44. The van der Waals surface area contributed by atoms with Crippen molar-refractivity contribution >= 4 is 11.6 Å². The molecule has 2 rings (SSSR count). The van der Waals surface area contributed by atoms with Crippen molar-refractivity contribution in [1.82, 2.24) is 0 Å². The number of amides is 1. The van der Waals surface area contributed by atoms with Crippen molar-refractivity contribution in [2.45, 2.75) is 6.42 Å². The second-order valence-corrected chi connectivity index (χ2v) is 4.61. The first-order chi connectivity index (χ1) is 9.29. The van der Waals surface area contributed by atoms with E-state index in [1.165, 1.54) is 4.90 Å². The summed E-state index contributed by atoms with van der Waals surface area (Å²) in [5.41, 5.74) is 0.729. The molecule has 0 saturated carbocycles. The maximum atomic E-state index is 11.9. The highest BCUT2D eigenvalue weighted by molar-refractivity contribution is 5.92.